The summed E-state index contributed by atoms with van der Waals surface area (Å²) in [5.41, 5.74) is 1.44. The molecule has 4 heteroatoms. The fraction of sp³-hybridized carbons (Fsp3) is 0.200. The summed E-state index contributed by atoms with van der Waals surface area (Å²) >= 11 is 0. The van der Waals surface area contributed by atoms with Gasteiger partial charge in [0, 0.05) is 5.69 Å². The number of hydrogen-bond acceptors (Lipinski definition) is 2. The van der Waals surface area contributed by atoms with Crippen LogP contribution >= 0.6 is 0 Å². The minimum absolute atomic E-state index is 0.174. The van der Waals surface area contributed by atoms with E-state index in [0.717, 1.165) is 11.3 Å². The number of carbonyl (C=O) groups excluding carboxylic acids is 1. The smallest absolute Gasteiger partial charge is 0.261 e. The number of carbonyl (C=O) groups is 1. The van der Waals surface area contributed by atoms with Gasteiger partial charge in [-0.25, -0.2) is 4.39 Å². The largest absolute Gasteiger partial charge is 0.308 e. The van der Waals surface area contributed by atoms with Gasteiger partial charge in [-0.2, -0.15) is 0 Å². The molecule has 0 unspecified atom stereocenters. The average molecular weight is 259 g/mol. The molecule has 0 fully saturated rings. The summed E-state index contributed by atoms with van der Waals surface area (Å²) in [5, 5.41) is 0. The van der Waals surface area contributed by atoms with Gasteiger partial charge in [0.2, 0.25) is 0 Å². The molecule has 2 rings (SSSR count). The molecule has 0 N–H and O–H groups in total. The number of pyridine rings is 1. The number of halogens is 1. The van der Waals surface area contributed by atoms with Crippen molar-refractivity contribution in [1.29, 1.82) is 0 Å². The van der Waals surface area contributed by atoms with Crippen LogP contribution in [-0.2, 0) is 6.54 Å². The lowest BCUT2D eigenvalue weighted by Crippen LogP contribution is -2.27. The van der Waals surface area contributed by atoms with E-state index in [-0.39, 0.29) is 22.7 Å². The zero-order valence-electron chi connectivity index (χ0n) is 10.8. The van der Waals surface area contributed by atoms with E-state index in [1.807, 2.05) is 0 Å². The molecule has 19 heavy (non-hydrogen) atoms. The Labute approximate surface area is 110 Å². The predicted molar refractivity (Wildman–Crippen MR) is 70.9 cm³/mol. The number of Topliss-reactive ketones (excluding diaryl/α,β-unsaturated/α-hetero) is 1. The normalized spacial score (nSPS) is 10.5. The van der Waals surface area contributed by atoms with E-state index in [9.17, 15) is 14.0 Å². The van der Waals surface area contributed by atoms with Crippen LogP contribution in [0, 0.1) is 12.7 Å². The van der Waals surface area contributed by atoms with Gasteiger partial charge in [0.1, 0.15) is 5.82 Å². The standard InChI is InChI=1S/C15H14FNO2/c1-10-3-8-14(11(2)18)15(19)17(10)9-12-4-6-13(16)7-5-12/h3-8H,9H2,1-2H3. The second-order valence-corrected chi connectivity index (χ2v) is 4.46. The molecule has 98 valence electrons. The van der Waals surface area contributed by atoms with E-state index in [1.165, 1.54) is 23.6 Å². The van der Waals surface area contributed by atoms with E-state index in [1.54, 1.807) is 31.2 Å². The molecule has 0 bridgehead atoms. The maximum Gasteiger partial charge on any atom is 0.261 e. The van der Waals surface area contributed by atoms with Gasteiger partial charge in [0.25, 0.3) is 5.56 Å². The number of hydrogen-bond donors (Lipinski definition) is 0. The Morgan fingerprint density at radius 1 is 1.16 bits per heavy atom. The average Bonchev–Trinajstić information content (AvgIpc) is 2.36. The van der Waals surface area contributed by atoms with Crippen LogP contribution in [0.4, 0.5) is 4.39 Å². The monoisotopic (exact) mass is 259 g/mol. The lowest BCUT2D eigenvalue weighted by Gasteiger charge is -2.11. The van der Waals surface area contributed by atoms with Gasteiger partial charge in [-0.15, -0.1) is 0 Å². The molecule has 0 saturated heterocycles. The maximum absolute atomic E-state index is 12.8. The molecule has 2 aromatic rings. The molecule has 0 radical (unpaired) electrons. The lowest BCUT2D eigenvalue weighted by molar-refractivity contribution is 0.101. The Morgan fingerprint density at radius 2 is 1.79 bits per heavy atom. The Bertz CT molecular complexity index is 672. The van der Waals surface area contributed by atoms with Crippen LogP contribution in [0.3, 0.4) is 0 Å². The van der Waals surface area contributed by atoms with Crippen molar-refractivity contribution in [3.63, 3.8) is 0 Å². The van der Waals surface area contributed by atoms with Crippen molar-refractivity contribution in [3.8, 4) is 0 Å². The second kappa shape index (κ2) is 5.18. The predicted octanol–water partition coefficient (Wildman–Crippen LogP) is 2.55. The number of nitrogens with zero attached hydrogens (tertiary/aromatic N) is 1. The minimum atomic E-state index is -0.315. The first-order valence-corrected chi connectivity index (χ1v) is 5.95. The molecule has 1 aromatic heterocycles. The molecule has 0 spiro atoms. The molecule has 0 atom stereocenters. The maximum atomic E-state index is 12.8. The van der Waals surface area contributed by atoms with E-state index in [0.29, 0.717) is 6.54 Å². The van der Waals surface area contributed by atoms with Crippen molar-refractivity contribution >= 4 is 5.78 Å². The topological polar surface area (TPSA) is 39.1 Å². The number of ketones is 1. The van der Waals surface area contributed by atoms with E-state index in [2.05, 4.69) is 0 Å². The van der Waals surface area contributed by atoms with Crippen molar-refractivity contribution in [3.05, 3.63) is 69.4 Å². The van der Waals surface area contributed by atoms with Crippen molar-refractivity contribution in [2.75, 3.05) is 0 Å². The number of aryl methyl sites for hydroxylation is 1. The summed E-state index contributed by atoms with van der Waals surface area (Å²) in [5.74, 6) is -0.567. The van der Waals surface area contributed by atoms with Gasteiger partial charge >= 0.3 is 0 Å². The van der Waals surface area contributed by atoms with Gasteiger partial charge in [0.05, 0.1) is 12.1 Å². The molecule has 0 aliphatic heterocycles. The molecular formula is C15H14FNO2. The zero-order valence-corrected chi connectivity index (χ0v) is 10.8. The van der Waals surface area contributed by atoms with Crippen LogP contribution in [0.1, 0.15) is 28.5 Å². The van der Waals surface area contributed by atoms with Crippen molar-refractivity contribution in [1.82, 2.24) is 4.57 Å². The van der Waals surface area contributed by atoms with Gasteiger partial charge in [-0.1, -0.05) is 12.1 Å². The fourth-order valence-electron chi connectivity index (χ4n) is 1.91. The van der Waals surface area contributed by atoms with Crippen LogP contribution in [0.5, 0.6) is 0 Å². The first kappa shape index (κ1) is 13.2. The van der Waals surface area contributed by atoms with Crippen LogP contribution in [0.25, 0.3) is 0 Å². The van der Waals surface area contributed by atoms with Gasteiger partial charge in [0.15, 0.2) is 5.78 Å². The SMILES string of the molecule is CC(=O)c1ccc(C)n(Cc2ccc(F)cc2)c1=O. The Morgan fingerprint density at radius 3 is 2.37 bits per heavy atom. The summed E-state index contributed by atoms with van der Waals surface area (Å²) in [7, 11) is 0. The molecule has 3 nitrogen and oxygen atoms in total. The van der Waals surface area contributed by atoms with Crippen LogP contribution in [0.15, 0.2) is 41.2 Å². The number of aromatic nitrogens is 1. The van der Waals surface area contributed by atoms with E-state index < -0.39 is 0 Å². The summed E-state index contributed by atoms with van der Waals surface area (Å²) in [6, 6.07) is 9.24. The highest BCUT2D eigenvalue weighted by Crippen LogP contribution is 2.07. The lowest BCUT2D eigenvalue weighted by atomic mass is 10.1. The van der Waals surface area contributed by atoms with Crippen LogP contribution in [0.2, 0.25) is 0 Å². The highest BCUT2D eigenvalue weighted by atomic mass is 19.1. The highest BCUT2D eigenvalue weighted by molar-refractivity contribution is 5.93. The first-order chi connectivity index (χ1) is 8.99. The molecule has 0 saturated carbocycles. The highest BCUT2D eigenvalue weighted by Gasteiger charge is 2.10. The third-order valence-electron chi connectivity index (χ3n) is 3.03. The van der Waals surface area contributed by atoms with Crippen LogP contribution in [-0.4, -0.2) is 10.4 Å². The molecule has 1 aromatic carbocycles. The summed E-state index contributed by atoms with van der Waals surface area (Å²) in [6.07, 6.45) is 0. The quantitative estimate of drug-likeness (QED) is 0.795. The third-order valence-corrected chi connectivity index (χ3v) is 3.03. The number of benzene rings is 1. The van der Waals surface area contributed by atoms with Crippen LogP contribution < -0.4 is 5.56 Å². The van der Waals surface area contributed by atoms with Crippen molar-refractivity contribution in [2.24, 2.45) is 0 Å². The zero-order chi connectivity index (χ0) is 14.0. The number of rotatable bonds is 3. The molecule has 1 heterocycles. The summed E-state index contributed by atoms with van der Waals surface area (Å²) in [4.78, 5) is 23.5. The van der Waals surface area contributed by atoms with Crippen molar-refractivity contribution < 1.29 is 9.18 Å². The fourth-order valence-corrected chi connectivity index (χ4v) is 1.91. The molecule has 0 amide bonds. The Hall–Kier alpha value is -2.23. The second-order valence-electron chi connectivity index (χ2n) is 4.46. The molecule has 0 aliphatic carbocycles. The minimum Gasteiger partial charge on any atom is -0.308 e. The first-order valence-electron chi connectivity index (χ1n) is 5.95. The van der Waals surface area contributed by atoms with Gasteiger partial charge < -0.3 is 4.57 Å². The van der Waals surface area contributed by atoms with Crippen molar-refractivity contribution in [2.45, 2.75) is 20.4 Å². The molecule has 0 aliphatic rings. The third kappa shape index (κ3) is 2.78. The Balaban J connectivity index is 2.45. The van der Waals surface area contributed by atoms with E-state index >= 15 is 0 Å². The summed E-state index contributed by atoms with van der Waals surface area (Å²) < 4.78 is 14.4. The Kier molecular flexibility index (Phi) is 3.60. The van der Waals surface area contributed by atoms with Gasteiger partial charge in [-0.05, 0) is 43.7 Å². The molecular weight excluding hydrogens is 245 g/mol. The van der Waals surface area contributed by atoms with Gasteiger partial charge in [-0.3, -0.25) is 9.59 Å². The summed E-state index contributed by atoms with van der Waals surface area (Å²) in [6.45, 7) is 3.50. The van der Waals surface area contributed by atoms with E-state index in [4.69, 9.17) is 0 Å².